The van der Waals surface area contributed by atoms with E-state index < -0.39 is 5.97 Å². The summed E-state index contributed by atoms with van der Waals surface area (Å²) in [6.45, 7) is 4.58. The first-order valence-electron chi connectivity index (χ1n) is 22.6. The Morgan fingerprint density at radius 2 is 0.562 bits per heavy atom. The Morgan fingerprint density at radius 3 is 0.792 bits per heavy atom. The molecule has 0 aromatic heterocycles. The lowest BCUT2D eigenvalue weighted by Gasteiger charge is -2.12. The maximum Gasteiger partial charge on any atom is 0.306 e. The highest BCUT2D eigenvalue weighted by Crippen LogP contribution is 2.21. The summed E-state index contributed by atoms with van der Waals surface area (Å²) in [5.41, 5.74) is 0. The summed E-state index contributed by atoms with van der Waals surface area (Å²) in [6, 6.07) is 0. The molecular formula is C46H90O2. The van der Waals surface area contributed by atoms with Crippen LogP contribution in [0.5, 0.6) is 0 Å². The van der Waals surface area contributed by atoms with Crippen LogP contribution < -0.4 is 0 Å². The predicted octanol–water partition coefficient (Wildman–Crippen LogP) is 16.9. The van der Waals surface area contributed by atoms with E-state index in [4.69, 9.17) is 0 Å². The summed E-state index contributed by atoms with van der Waals surface area (Å²) in [5, 5.41) is 9.68. The molecule has 0 saturated heterocycles. The number of carboxylic acid groups (broad SMARTS) is 1. The lowest BCUT2D eigenvalue weighted by Crippen LogP contribution is -2.13. The molecule has 0 fully saturated rings. The molecule has 0 radical (unpaired) electrons. The monoisotopic (exact) mass is 675 g/mol. The molecule has 48 heavy (non-hydrogen) atoms. The van der Waals surface area contributed by atoms with Crippen LogP contribution in [-0.2, 0) is 4.79 Å². The molecule has 0 heterocycles. The Bertz CT molecular complexity index is 626. The van der Waals surface area contributed by atoms with Gasteiger partial charge in [-0.05, 0) is 38.5 Å². The Morgan fingerprint density at radius 1 is 0.354 bits per heavy atom. The van der Waals surface area contributed by atoms with Gasteiger partial charge in [0.25, 0.3) is 0 Å². The van der Waals surface area contributed by atoms with Crippen LogP contribution in [0.25, 0.3) is 0 Å². The SMILES string of the molecule is CCCCCCCCC=CCCCCCCCCC(CCCCCCCCCCCCCCCCCCCCCCCCCC)C(=O)O. The third-order valence-corrected chi connectivity index (χ3v) is 10.8. The van der Waals surface area contributed by atoms with Gasteiger partial charge in [-0.1, -0.05) is 244 Å². The van der Waals surface area contributed by atoms with Gasteiger partial charge >= 0.3 is 5.97 Å². The summed E-state index contributed by atoms with van der Waals surface area (Å²) in [4.78, 5) is 11.7. The molecule has 0 amide bonds. The van der Waals surface area contributed by atoms with Crippen molar-refractivity contribution in [3.8, 4) is 0 Å². The van der Waals surface area contributed by atoms with Crippen molar-refractivity contribution in [3.05, 3.63) is 12.2 Å². The van der Waals surface area contributed by atoms with Gasteiger partial charge in [-0.3, -0.25) is 4.79 Å². The van der Waals surface area contributed by atoms with E-state index in [0.29, 0.717) is 0 Å². The highest BCUT2D eigenvalue weighted by Gasteiger charge is 2.16. The largest absolute Gasteiger partial charge is 0.481 e. The van der Waals surface area contributed by atoms with Gasteiger partial charge in [0.2, 0.25) is 0 Å². The van der Waals surface area contributed by atoms with Crippen molar-refractivity contribution in [1.82, 2.24) is 0 Å². The number of hydrogen-bond acceptors (Lipinski definition) is 1. The zero-order chi connectivity index (χ0) is 34.9. The van der Waals surface area contributed by atoms with Crippen LogP contribution in [-0.4, -0.2) is 11.1 Å². The minimum Gasteiger partial charge on any atom is -0.481 e. The maximum atomic E-state index is 11.7. The minimum atomic E-state index is -0.558. The molecule has 0 bridgehead atoms. The van der Waals surface area contributed by atoms with Crippen LogP contribution in [0, 0.1) is 5.92 Å². The van der Waals surface area contributed by atoms with E-state index in [2.05, 4.69) is 26.0 Å². The average molecular weight is 675 g/mol. The average Bonchev–Trinajstić information content (AvgIpc) is 3.08. The van der Waals surface area contributed by atoms with E-state index in [0.717, 1.165) is 25.7 Å². The second-order valence-corrected chi connectivity index (χ2v) is 15.7. The number of carbonyl (C=O) groups is 1. The van der Waals surface area contributed by atoms with Gasteiger partial charge in [0.15, 0.2) is 0 Å². The number of rotatable bonds is 42. The summed E-state index contributed by atoms with van der Waals surface area (Å²) >= 11 is 0. The fraction of sp³-hybridized carbons (Fsp3) is 0.935. The van der Waals surface area contributed by atoms with E-state index in [1.165, 1.54) is 231 Å². The van der Waals surface area contributed by atoms with E-state index in [1.54, 1.807) is 0 Å². The molecule has 0 spiro atoms. The van der Waals surface area contributed by atoms with Crippen molar-refractivity contribution in [2.24, 2.45) is 5.92 Å². The Labute approximate surface area is 303 Å². The van der Waals surface area contributed by atoms with Crippen LogP contribution >= 0.6 is 0 Å². The van der Waals surface area contributed by atoms with Gasteiger partial charge in [-0.25, -0.2) is 0 Å². The van der Waals surface area contributed by atoms with Crippen molar-refractivity contribution >= 4 is 5.97 Å². The van der Waals surface area contributed by atoms with Crippen LogP contribution in [0.3, 0.4) is 0 Å². The summed E-state index contributed by atoms with van der Waals surface area (Å²) in [6.07, 6.45) is 58.7. The third-order valence-electron chi connectivity index (χ3n) is 10.8. The molecule has 1 unspecified atom stereocenters. The van der Waals surface area contributed by atoms with Gasteiger partial charge in [0, 0.05) is 0 Å². The molecule has 0 aliphatic heterocycles. The first kappa shape index (κ1) is 47.2. The molecule has 1 atom stereocenters. The Balaban J connectivity index is 3.35. The molecule has 1 N–H and O–H groups in total. The first-order valence-corrected chi connectivity index (χ1v) is 22.6. The van der Waals surface area contributed by atoms with Gasteiger partial charge in [-0.2, -0.15) is 0 Å². The van der Waals surface area contributed by atoms with Gasteiger partial charge in [0.05, 0.1) is 5.92 Å². The summed E-state index contributed by atoms with van der Waals surface area (Å²) in [5.74, 6) is -0.668. The minimum absolute atomic E-state index is 0.110. The van der Waals surface area contributed by atoms with Gasteiger partial charge in [0.1, 0.15) is 0 Å². The quantitative estimate of drug-likeness (QED) is 0.0517. The third kappa shape index (κ3) is 39.6. The normalized spacial score (nSPS) is 12.4. The molecule has 2 heteroatoms. The number of carboxylic acids is 1. The molecule has 2 nitrogen and oxygen atoms in total. The molecule has 0 saturated carbocycles. The van der Waals surface area contributed by atoms with Crippen LogP contribution in [0.4, 0.5) is 0 Å². The van der Waals surface area contributed by atoms with Crippen molar-refractivity contribution in [2.45, 2.75) is 271 Å². The second-order valence-electron chi connectivity index (χ2n) is 15.7. The summed E-state index contributed by atoms with van der Waals surface area (Å²) < 4.78 is 0. The predicted molar refractivity (Wildman–Crippen MR) is 216 cm³/mol. The smallest absolute Gasteiger partial charge is 0.306 e. The Kier molecular flexibility index (Phi) is 41.7. The van der Waals surface area contributed by atoms with Crippen molar-refractivity contribution in [2.75, 3.05) is 0 Å². The van der Waals surface area contributed by atoms with E-state index in [-0.39, 0.29) is 5.92 Å². The van der Waals surface area contributed by atoms with Gasteiger partial charge in [-0.15, -0.1) is 0 Å². The molecule has 0 aromatic carbocycles. The zero-order valence-electron chi connectivity index (χ0n) is 33.4. The van der Waals surface area contributed by atoms with Crippen LogP contribution in [0.1, 0.15) is 271 Å². The molecule has 286 valence electrons. The number of hydrogen-bond donors (Lipinski definition) is 1. The summed E-state index contributed by atoms with van der Waals surface area (Å²) in [7, 11) is 0. The van der Waals surface area contributed by atoms with E-state index in [9.17, 15) is 9.90 Å². The molecule has 0 aliphatic carbocycles. The maximum absolute atomic E-state index is 11.7. The fourth-order valence-electron chi connectivity index (χ4n) is 7.38. The number of allylic oxidation sites excluding steroid dienone is 2. The lowest BCUT2D eigenvalue weighted by atomic mass is 9.94. The molecule has 0 rings (SSSR count). The Hall–Kier alpha value is -0.790. The zero-order valence-corrected chi connectivity index (χ0v) is 33.4. The fourth-order valence-corrected chi connectivity index (χ4v) is 7.38. The van der Waals surface area contributed by atoms with E-state index >= 15 is 0 Å². The van der Waals surface area contributed by atoms with Crippen LogP contribution in [0.15, 0.2) is 12.2 Å². The van der Waals surface area contributed by atoms with Crippen molar-refractivity contribution < 1.29 is 9.90 Å². The number of unbranched alkanes of at least 4 members (excludes halogenated alkanes) is 35. The molecule has 0 aromatic rings. The first-order chi connectivity index (χ1) is 23.7. The highest BCUT2D eigenvalue weighted by atomic mass is 16.4. The second kappa shape index (κ2) is 42.4. The molecular weight excluding hydrogens is 585 g/mol. The standard InChI is InChI=1S/C46H90O2/c1-3-5-7-9-11-13-15-17-19-21-22-23-24-25-26-27-28-30-32-34-36-38-40-42-44-45(46(47)48)43-41-39-37-35-33-31-29-20-18-16-14-12-10-8-6-4-2/h18,20,45H,3-17,19,21-44H2,1-2H3,(H,47,48). The van der Waals surface area contributed by atoms with Crippen molar-refractivity contribution in [1.29, 1.82) is 0 Å². The van der Waals surface area contributed by atoms with Gasteiger partial charge < -0.3 is 5.11 Å². The molecule has 0 aliphatic rings. The van der Waals surface area contributed by atoms with E-state index in [1.807, 2.05) is 0 Å². The van der Waals surface area contributed by atoms with Crippen LogP contribution in [0.2, 0.25) is 0 Å². The highest BCUT2D eigenvalue weighted by molar-refractivity contribution is 5.69. The van der Waals surface area contributed by atoms with Crippen molar-refractivity contribution in [3.63, 3.8) is 0 Å². The number of aliphatic carboxylic acids is 1. The lowest BCUT2D eigenvalue weighted by molar-refractivity contribution is -0.142. The topological polar surface area (TPSA) is 37.3 Å².